The van der Waals surface area contributed by atoms with E-state index in [4.69, 9.17) is 19.9 Å². The SMILES string of the molecule is CCCCC(CC)CN(OCCCO)OCCCO. The van der Waals surface area contributed by atoms with E-state index >= 15 is 0 Å². The van der Waals surface area contributed by atoms with Gasteiger partial charge in [-0.15, -0.1) is 0 Å². The molecule has 0 aromatic rings. The Morgan fingerprint density at radius 3 is 1.95 bits per heavy atom. The van der Waals surface area contributed by atoms with E-state index in [-0.39, 0.29) is 13.2 Å². The van der Waals surface area contributed by atoms with Crippen LogP contribution in [0.5, 0.6) is 0 Å². The van der Waals surface area contributed by atoms with Gasteiger partial charge in [0, 0.05) is 13.2 Å². The zero-order valence-corrected chi connectivity index (χ0v) is 12.5. The summed E-state index contributed by atoms with van der Waals surface area (Å²) in [5.74, 6) is 0.559. The Labute approximate surface area is 117 Å². The normalized spacial score (nSPS) is 13.1. The molecule has 1 unspecified atom stereocenters. The van der Waals surface area contributed by atoms with Crippen LogP contribution in [0.15, 0.2) is 0 Å². The summed E-state index contributed by atoms with van der Waals surface area (Å²) in [5, 5.41) is 19.1. The summed E-state index contributed by atoms with van der Waals surface area (Å²) in [4.78, 5) is 11.0. The van der Waals surface area contributed by atoms with Gasteiger partial charge in [-0.25, -0.2) is 0 Å². The number of hydrogen-bond donors (Lipinski definition) is 2. The van der Waals surface area contributed by atoms with E-state index in [1.54, 1.807) is 0 Å². The molecule has 0 saturated carbocycles. The largest absolute Gasteiger partial charge is 0.396 e. The number of nitrogens with zero attached hydrogens (tertiary/aromatic N) is 1. The second kappa shape index (κ2) is 14.2. The van der Waals surface area contributed by atoms with Crippen LogP contribution < -0.4 is 0 Å². The van der Waals surface area contributed by atoms with Gasteiger partial charge in [-0.2, -0.15) is 0 Å². The molecule has 0 saturated heterocycles. The minimum atomic E-state index is 0.123. The highest BCUT2D eigenvalue weighted by Crippen LogP contribution is 2.15. The van der Waals surface area contributed by atoms with Crippen molar-refractivity contribution in [1.29, 1.82) is 0 Å². The molecule has 1 atom stereocenters. The summed E-state index contributed by atoms with van der Waals surface area (Å²) in [6, 6.07) is 0. The van der Waals surface area contributed by atoms with Crippen molar-refractivity contribution in [3.05, 3.63) is 0 Å². The van der Waals surface area contributed by atoms with Crippen LogP contribution in [0, 0.1) is 5.92 Å². The molecule has 5 heteroatoms. The molecule has 0 heterocycles. The Kier molecular flexibility index (Phi) is 14.1. The van der Waals surface area contributed by atoms with Gasteiger partial charge in [0.15, 0.2) is 0 Å². The molecule has 0 amide bonds. The quantitative estimate of drug-likeness (QED) is 0.376. The topological polar surface area (TPSA) is 62.2 Å². The summed E-state index contributed by atoms with van der Waals surface area (Å²) in [5.41, 5.74) is 0. The summed E-state index contributed by atoms with van der Waals surface area (Å²) >= 11 is 0. The zero-order valence-electron chi connectivity index (χ0n) is 12.5. The second-order valence-corrected chi connectivity index (χ2v) is 4.75. The molecule has 19 heavy (non-hydrogen) atoms. The van der Waals surface area contributed by atoms with E-state index in [9.17, 15) is 0 Å². The number of hydroxylamine groups is 2. The van der Waals surface area contributed by atoms with Crippen molar-refractivity contribution in [2.75, 3.05) is 33.0 Å². The molecule has 5 nitrogen and oxygen atoms in total. The van der Waals surface area contributed by atoms with Gasteiger partial charge < -0.3 is 10.2 Å². The third kappa shape index (κ3) is 11.3. The molecule has 0 aromatic carbocycles. The fraction of sp³-hybridized carbons (Fsp3) is 1.00. The highest BCUT2D eigenvalue weighted by Gasteiger charge is 2.14. The summed E-state index contributed by atoms with van der Waals surface area (Å²) in [6.07, 6.45) is 5.91. The molecule has 116 valence electrons. The van der Waals surface area contributed by atoms with Crippen molar-refractivity contribution in [3.63, 3.8) is 0 Å². The van der Waals surface area contributed by atoms with Gasteiger partial charge >= 0.3 is 0 Å². The number of hydrogen-bond acceptors (Lipinski definition) is 5. The minimum absolute atomic E-state index is 0.123. The van der Waals surface area contributed by atoms with Crippen molar-refractivity contribution in [3.8, 4) is 0 Å². The Morgan fingerprint density at radius 2 is 1.53 bits per heavy atom. The lowest BCUT2D eigenvalue weighted by molar-refractivity contribution is -0.373. The standard InChI is InChI=1S/C14H31NO4/c1-3-5-8-14(4-2)13-15(18-11-6-9-16)19-12-7-10-17/h14,16-17H,3-13H2,1-2H3. The van der Waals surface area contributed by atoms with Gasteiger partial charge in [-0.3, -0.25) is 9.68 Å². The van der Waals surface area contributed by atoms with Crippen LogP contribution >= 0.6 is 0 Å². The van der Waals surface area contributed by atoms with Crippen LogP contribution in [-0.2, 0) is 9.68 Å². The first-order valence-corrected chi connectivity index (χ1v) is 7.53. The van der Waals surface area contributed by atoms with Gasteiger partial charge in [0.1, 0.15) is 0 Å². The molecular formula is C14H31NO4. The molecule has 0 radical (unpaired) electrons. The molecule has 0 aliphatic heterocycles. The number of aliphatic hydroxyl groups excluding tert-OH is 2. The number of aliphatic hydroxyl groups is 2. The highest BCUT2D eigenvalue weighted by atomic mass is 16.9. The lowest BCUT2D eigenvalue weighted by Crippen LogP contribution is -2.31. The Bertz CT molecular complexity index is 171. The molecule has 0 bridgehead atoms. The lowest BCUT2D eigenvalue weighted by atomic mass is 10.00. The van der Waals surface area contributed by atoms with Gasteiger partial charge in [0.25, 0.3) is 0 Å². The first-order valence-electron chi connectivity index (χ1n) is 7.53. The second-order valence-electron chi connectivity index (χ2n) is 4.75. The Morgan fingerprint density at radius 1 is 0.947 bits per heavy atom. The van der Waals surface area contributed by atoms with E-state index < -0.39 is 0 Å². The average molecular weight is 277 g/mol. The molecule has 2 N–H and O–H groups in total. The zero-order chi connectivity index (χ0) is 14.3. The van der Waals surface area contributed by atoms with Gasteiger partial charge in [0.05, 0.1) is 19.8 Å². The number of unbranched alkanes of at least 4 members (excludes halogenated alkanes) is 1. The van der Waals surface area contributed by atoms with E-state index in [2.05, 4.69) is 13.8 Å². The fourth-order valence-electron chi connectivity index (χ4n) is 1.73. The maximum absolute atomic E-state index is 8.77. The maximum Gasteiger partial charge on any atom is 0.0733 e. The molecule has 0 aliphatic rings. The fourth-order valence-corrected chi connectivity index (χ4v) is 1.73. The maximum atomic E-state index is 8.77. The molecule has 0 rings (SSSR count). The monoisotopic (exact) mass is 277 g/mol. The van der Waals surface area contributed by atoms with Crippen LogP contribution in [0.2, 0.25) is 0 Å². The van der Waals surface area contributed by atoms with Crippen LogP contribution in [0.3, 0.4) is 0 Å². The van der Waals surface area contributed by atoms with Gasteiger partial charge in [-0.1, -0.05) is 38.3 Å². The Balaban J connectivity index is 4.03. The minimum Gasteiger partial charge on any atom is -0.396 e. The molecular weight excluding hydrogens is 246 g/mol. The van der Waals surface area contributed by atoms with Gasteiger partial charge in [0.2, 0.25) is 0 Å². The van der Waals surface area contributed by atoms with Crippen molar-refractivity contribution in [2.24, 2.45) is 5.92 Å². The third-order valence-electron chi connectivity index (χ3n) is 3.03. The van der Waals surface area contributed by atoms with E-state index in [0.717, 1.165) is 13.0 Å². The van der Waals surface area contributed by atoms with Crippen molar-refractivity contribution >= 4 is 0 Å². The van der Waals surface area contributed by atoms with Crippen molar-refractivity contribution in [1.82, 2.24) is 5.23 Å². The van der Waals surface area contributed by atoms with Crippen molar-refractivity contribution < 1.29 is 19.9 Å². The summed E-state index contributed by atoms with van der Waals surface area (Å²) < 4.78 is 0. The van der Waals surface area contributed by atoms with E-state index in [1.807, 2.05) is 0 Å². The first kappa shape index (κ1) is 18.8. The lowest BCUT2D eigenvalue weighted by Gasteiger charge is -2.25. The molecule has 0 aromatic heterocycles. The van der Waals surface area contributed by atoms with Crippen LogP contribution in [0.1, 0.15) is 52.4 Å². The predicted octanol–water partition coefficient (Wildman–Crippen LogP) is 2.13. The highest BCUT2D eigenvalue weighted by molar-refractivity contribution is 4.57. The third-order valence-corrected chi connectivity index (χ3v) is 3.03. The molecule has 0 fully saturated rings. The first-order chi connectivity index (χ1) is 9.28. The predicted molar refractivity (Wildman–Crippen MR) is 75.3 cm³/mol. The molecule has 0 aliphatic carbocycles. The smallest absolute Gasteiger partial charge is 0.0733 e. The molecule has 0 spiro atoms. The van der Waals surface area contributed by atoms with E-state index in [0.29, 0.717) is 32.0 Å². The summed E-state index contributed by atoms with van der Waals surface area (Å²) in [7, 11) is 0. The van der Waals surface area contributed by atoms with Crippen LogP contribution in [0.25, 0.3) is 0 Å². The number of rotatable bonds is 14. The van der Waals surface area contributed by atoms with Crippen molar-refractivity contribution in [2.45, 2.75) is 52.4 Å². The van der Waals surface area contributed by atoms with Crippen LogP contribution in [0.4, 0.5) is 0 Å². The Hall–Kier alpha value is -0.200. The summed E-state index contributed by atoms with van der Waals surface area (Å²) in [6.45, 7) is 6.28. The van der Waals surface area contributed by atoms with Gasteiger partial charge in [-0.05, 0) is 25.2 Å². The average Bonchev–Trinajstić information content (AvgIpc) is 2.43. The van der Waals surface area contributed by atoms with E-state index in [1.165, 1.54) is 24.5 Å². The van der Waals surface area contributed by atoms with Crippen LogP contribution in [-0.4, -0.2) is 48.4 Å².